The van der Waals surface area contributed by atoms with Crippen LogP contribution in [0.25, 0.3) is 22.6 Å². The molecule has 0 radical (unpaired) electrons. The summed E-state index contributed by atoms with van der Waals surface area (Å²) >= 11 is 0. The van der Waals surface area contributed by atoms with Crippen LogP contribution in [0.1, 0.15) is 61.7 Å². The van der Waals surface area contributed by atoms with Gasteiger partial charge < -0.3 is 0 Å². The average molecular weight is 524 g/mol. The van der Waals surface area contributed by atoms with Gasteiger partial charge in [0.15, 0.2) is 15.7 Å². The molecule has 0 aliphatic rings. The van der Waals surface area contributed by atoms with Gasteiger partial charge in [0.2, 0.25) is 0 Å². The molecule has 0 bridgehead atoms. The van der Waals surface area contributed by atoms with Gasteiger partial charge in [0, 0.05) is 30.1 Å². The lowest BCUT2D eigenvalue weighted by Crippen LogP contribution is -2.11. The highest BCUT2D eigenvalue weighted by molar-refractivity contribution is 7.89. The van der Waals surface area contributed by atoms with Crippen LogP contribution >= 0.6 is 0 Å². The molecule has 2 atom stereocenters. The molecule has 192 valence electrons. The summed E-state index contributed by atoms with van der Waals surface area (Å²) in [7, 11) is -3.19. The van der Waals surface area contributed by atoms with E-state index in [9.17, 15) is 17.2 Å². The SMILES string of the molecule is CC[C@H](C)c1cc(-c2c(F)cccc2F)nnc1C(C)c1ccnc(-c2ccc(CS(C)(=O)=O)nc2)n1. The fourth-order valence-corrected chi connectivity index (χ4v) is 4.74. The molecule has 0 aliphatic heterocycles. The average Bonchev–Trinajstić information content (AvgIpc) is 2.87. The van der Waals surface area contributed by atoms with E-state index >= 15 is 0 Å². The number of pyridine rings is 1. The first-order chi connectivity index (χ1) is 17.6. The first-order valence-electron chi connectivity index (χ1n) is 11.8. The second kappa shape index (κ2) is 10.8. The van der Waals surface area contributed by atoms with Crippen LogP contribution in [0.15, 0.2) is 54.9 Å². The van der Waals surface area contributed by atoms with Crippen molar-refractivity contribution in [1.29, 1.82) is 0 Å². The Morgan fingerprint density at radius 1 is 0.973 bits per heavy atom. The van der Waals surface area contributed by atoms with Gasteiger partial charge in [-0.25, -0.2) is 27.2 Å². The highest BCUT2D eigenvalue weighted by Gasteiger charge is 2.23. The predicted molar refractivity (Wildman–Crippen MR) is 137 cm³/mol. The van der Waals surface area contributed by atoms with E-state index in [4.69, 9.17) is 4.98 Å². The van der Waals surface area contributed by atoms with E-state index in [1.165, 1.54) is 18.2 Å². The van der Waals surface area contributed by atoms with Crippen molar-refractivity contribution in [1.82, 2.24) is 25.1 Å². The molecule has 0 fully saturated rings. The van der Waals surface area contributed by atoms with Crippen molar-refractivity contribution < 1.29 is 17.2 Å². The van der Waals surface area contributed by atoms with Crippen LogP contribution in [-0.2, 0) is 15.6 Å². The van der Waals surface area contributed by atoms with Crippen LogP contribution in [0.3, 0.4) is 0 Å². The molecule has 4 rings (SSSR count). The molecule has 0 saturated carbocycles. The maximum Gasteiger partial charge on any atom is 0.160 e. The third-order valence-corrected chi connectivity index (χ3v) is 7.06. The van der Waals surface area contributed by atoms with E-state index in [2.05, 4.69) is 20.2 Å². The standard InChI is InChI=1S/C27H27F2N5O2S/c1-5-16(2)20-13-24(25-21(28)7-6-8-22(25)29)33-34-26(20)17(3)23-11-12-30-27(32-23)18-9-10-19(31-14-18)15-37(4,35)36/h6-14,16-17H,5,15H2,1-4H3/t16-,17?/m0/s1. The van der Waals surface area contributed by atoms with Crippen LogP contribution in [0.5, 0.6) is 0 Å². The minimum Gasteiger partial charge on any atom is -0.259 e. The van der Waals surface area contributed by atoms with Gasteiger partial charge in [-0.3, -0.25) is 4.98 Å². The molecule has 1 aromatic carbocycles. The Balaban J connectivity index is 1.70. The third kappa shape index (κ3) is 6.02. The molecule has 0 spiro atoms. The first kappa shape index (κ1) is 26.4. The molecule has 3 heterocycles. The van der Waals surface area contributed by atoms with Crippen molar-refractivity contribution >= 4 is 9.84 Å². The van der Waals surface area contributed by atoms with E-state index in [0.29, 0.717) is 28.5 Å². The molecule has 7 nitrogen and oxygen atoms in total. The minimum absolute atomic E-state index is 0.0643. The van der Waals surface area contributed by atoms with E-state index in [0.717, 1.165) is 18.2 Å². The van der Waals surface area contributed by atoms with Crippen LogP contribution in [0.4, 0.5) is 8.78 Å². The van der Waals surface area contributed by atoms with E-state index in [1.807, 2.05) is 20.8 Å². The normalized spacial score (nSPS) is 13.4. The molecule has 37 heavy (non-hydrogen) atoms. The Kier molecular flexibility index (Phi) is 7.68. The molecule has 0 N–H and O–H groups in total. The molecule has 1 unspecified atom stereocenters. The number of sulfone groups is 1. The van der Waals surface area contributed by atoms with Crippen molar-refractivity contribution in [2.45, 2.75) is 44.8 Å². The van der Waals surface area contributed by atoms with Crippen LogP contribution < -0.4 is 0 Å². The van der Waals surface area contributed by atoms with Gasteiger partial charge in [0.1, 0.15) is 11.6 Å². The van der Waals surface area contributed by atoms with E-state index < -0.39 is 21.5 Å². The smallest absolute Gasteiger partial charge is 0.160 e. The maximum atomic E-state index is 14.4. The molecule has 10 heteroatoms. The highest BCUT2D eigenvalue weighted by atomic mass is 32.2. The minimum atomic E-state index is -3.19. The summed E-state index contributed by atoms with van der Waals surface area (Å²) < 4.78 is 51.9. The molecular formula is C27H27F2N5O2S. The molecule has 0 saturated heterocycles. The van der Waals surface area contributed by atoms with Crippen molar-refractivity contribution in [3.05, 3.63) is 89.1 Å². The quantitative estimate of drug-likeness (QED) is 0.301. The molecule has 0 amide bonds. The second-order valence-electron chi connectivity index (χ2n) is 9.11. The van der Waals surface area contributed by atoms with Crippen LogP contribution in [0, 0.1) is 11.6 Å². The Labute approximate surface area is 215 Å². The van der Waals surface area contributed by atoms with Gasteiger partial charge in [-0.2, -0.15) is 10.2 Å². The summed E-state index contributed by atoms with van der Waals surface area (Å²) in [5.74, 6) is -1.31. The Hall–Kier alpha value is -3.66. The number of halogens is 2. The topological polar surface area (TPSA) is 98.6 Å². The number of hydrogen-bond donors (Lipinski definition) is 0. The molecular weight excluding hydrogens is 496 g/mol. The van der Waals surface area contributed by atoms with Gasteiger partial charge in [0.05, 0.1) is 34.1 Å². The molecule has 3 aromatic heterocycles. The van der Waals surface area contributed by atoms with Crippen LogP contribution in [0.2, 0.25) is 0 Å². The summed E-state index contributed by atoms with van der Waals surface area (Å²) in [6, 6.07) is 10.6. The van der Waals surface area contributed by atoms with E-state index in [-0.39, 0.29) is 28.8 Å². The monoisotopic (exact) mass is 523 g/mol. The summed E-state index contributed by atoms with van der Waals surface area (Å²) in [5.41, 5.74) is 3.23. The van der Waals surface area contributed by atoms with Crippen molar-refractivity contribution in [3.8, 4) is 22.6 Å². The largest absolute Gasteiger partial charge is 0.259 e. The number of benzene rings is 1. The Morgan fingerprint density at radius 3 is 2.32 bits per heavy atom. The summed E-state index contributed by atoms with van der Waals surface area (Å²) in [6.07, 6.45) is 5.14. The lowest BCUT2D eigenvalue weighted by Gasteiger charge is -2.19. The van der Waals surface area contributed by atoms with Crippen molar-refractivity contribution in [3.63, 3.8) is 0 Å². The number of rotatable bonds is 8. The molecule has 0 aliphatic carbocycles. The number of hydrogen-bond acceptors (Lipinski definition) is 7. The zero-order valence-electron chi connectivity index (χ0n) is 21.0. The highest BCUT2D eigenvalue weighted by Crippen LogP contribution is 2.34. The first-order valence-corrected chi connectivity index (χ1v) is 13.9. The van der Waals surface area contributed by atoms with Gasteiger partial charge in [-0.15, -0.1) is 0 Å². The Morgan fingerprint density at radius 2 is 1.70 bits per heavy atom. The lowest BCUT2D eigenvalue weighted by atomic mass is 9.89. The number of nitrogens with zero attached hydrogens (tertiary/aromatic N) is 5. The van der Waals surface area contributed by atoms with E-state index in [1.54, 1.807) is 36.7 Å². The van der Waals surface area contributed by atoms with Crippen molar-refractivity contribution in [2.75, 3.05) is 6.26 Å². The second-order valence-corrected chi connectivity index (χ2v) is 11.3. The predicted octanol–water partition coefficient (Wildman–Crippen LogP) is 5.48. The maximum absolute atomic E-state index is 14.4. The lowest BCUT2D eigenvalue weighted by molar-refractivity contribution is 0.587. The summed E-state index contributed by atoms with van der Waals surface area (Å²) in [5, 5.41) is 8.60. The zero-order chi connectivity index (χ0) is 26.7. The van der Waals surface area contributed by atoms with Gasteiger partial charge in [-0.05, 0) is 54.3 Å². The van der Waals surface area contributed by atoms with Crippen molar-refractivity contribution in [2.24, 2.45) is 0 Å². The van der Waals surface area contributed by atoms with Crippen LogP contribution in [-0.4, -0.2) is 39.8 Å². The van der Waals surface area contributed by atoms with Gasteiger partial charge in [0.25, 0.3) is 0 Å². The van der Waals surface area contributed by atoms with Gasteiger partial charge in [-0.1, -0.05) is 26.8 Å². The summed E-state index contributed by atoms with van der Waals surface area (Å²) in [6.45, 7) is 6.01. The molecule has 4 aromatic rings. The van der Waals surface area contributed by atoms with Gasteiger partial charge >= 0.3 is 0 Å². The fraction of sp³-hybridized carbons (Fsp3) is 0.296. The summed E-state index contributed by atoms with van der Waals surface area (Å²) in [4.78, 5) is 13.3. The Bertz CT molecular complexity index is 1510. The fourth-order valence-electron chi connectivity index (χ4n) is 4.04. The zero-order valence-corrected chi connectivity index (χ0v) is 21.8. The third-order valence-electron chi connectivity index (χ3n) is 6.24. The number of aromatic nitrogens is 5.